The maximum Gasteiger partial charge on any atom is 0.301 e. The summed E-state index contributed by atoms with van der Waals surface area (Å²) in [4.78, 5) is 32.9. The predicted molar refractivity (Wildman–Crippen MR) is 140 cm³/mol. The summed E-state index contributed by atoms with van der Waals surface area (Å²) in [6, 6.07) is 17.2. The highest BCUT2D eigenvalue weighted by atomic mass is 32.1. The number of aliphatic hydroxyl groups excluding tert-OH is 1. The average Bonchev–Trinajstić information content (AvgIpc) is 3.41. The highest BCUT2D eigenvalue weighted by Crippen LogP contribution is 2.44. The van der Waals surface area contributed by atoms with Gasteiger partial charge in [0.1, 0.15) is 17.3 Å². The SMILES string of the molecule is COc1ccc([C@H]2/C(=C(\O)c3ccc(OC)c(C)c3)C(=O)C(=O)N2c2nc3ccc(C)cc3s2)cc1. The molecule has 1 fully saturated rings. The molecule has 8 heteroatoms. The number of ketones is 1. The largest absolute Gasteiger partial charge is 0.507 e. The Morgan fingerprint density at radius 3 is 2.39 bits per heavy atom. The van der Waals surface area contributed by atoms with Crippen molar-refractivity contribution in [3.8, 4) is 11.5 Å². The van der Waals surface area contributed by atoms with Gasteiger partial charge in [-0.3, -0.25) is 14.5 Å². The van der Waals surface area contributed by atoms with Crippen LogP contribution in [0.25, 0.3) is 16.0 Å². The van der Waals surface area contributed by atoms with Crippen molar-refractivity contribution < 1.29 is 24.2 Å². The van der Waals surface area contributed by atoms with Crippen molar-refractivity contribution in [3.63, 3.8) is 0 Å². The van der Waals surface area contributed by atoms with E-state index in [0.29, 0.717) is 27.8 Å². The molecule has 1 aromatic heterocycles. The molecule has 182 valence electrons. The van der Waals surface area contributed by atoms with E-state index >= 15 is 0 Å². The van der Waals surface area contributed by atoms with Gasteiger partial charge in [-0.25, -0.2) is 4.98 Å². The third-order valence-corrected chi connectivity index (χ3v) is 7.30. The Balaban J connectivity index is 1.71. The lowest BCUT2D eigenvalue weighted by atomic mass is 9.95. The number of hydrogen-bond acceptors (Lipinski definition) is 7. The second-order valence-corrected chi connectivity index (χ2v) is 9.60. The number of methoxy groups -OCH3 is 2. The number of benzene rings is 3. The third kappa shape index (κ3) is 3.89. The molecule has 1 aliphatic heterocycles. The number of Topliss-reactive ketones (excluding diaryl/α,β-unsaturated/α-hetero) is 1. The maximum absolute atomic E-state index is 13.4. The molecule has 5 rings (SSSR count). The van der Waals surface area contributed by atoms with Gasteiger partial charge < -0.3 is 14.6 Å². The van der Waals surface area contributed by atoms with Crippen LogP contribution in [-0.2, 0) is 9.59 Å². The quantitative estimate of drug-likeness (QED) is 0.219. The lowest BCUT2D eigenvalue weighted by Gasteiger charge is -2.23. The number of aromatic nitrogens is 1. The minimum atomic E-state index is -0.861. The molecule has 1 amide bonds. The van der Waals surface area contributed by atoms with Gasteiger partial charge in [-0.2, -0.15) is 0 Å². The van der Waals surface area contributed by atoms with Gasteiger partial charge in [-0.15, -0.1) is 0 Å². The number of carbonyl (C=O) groups is 2. The van der Waals surface area contributed by atoms with Gasteiger partial charge in [0.25, 0.3) is 5.78 Å². The molecule has 0 unspecified atom stereocenters. The van der Waals surface area contributed by atoms with Crippen molar-refractivity contribution in [1.82, 2.24) is 4.98 Å². The van der Waals surface area contributed by atoms with Crippen LogP contribution in [0.1, 0.15) is 28.3 Å². The van der Waals surface area contributed by atoms with Crippen LogP contribution in [-0.4, -0.2) is 36.0 Å². The smallest absolute Gasteiger partial charge is 0.301 e. The summed E-state index contributed by atoms with van der Waals surface area (Å²) in [5, 5.41) is 11.8. The number of fused-ring (bicyclic) bond motifs is 1. The first-order valence-corrected chi connectivity index (χ1v) is 12.1. The summed E-state index contributed by atoms with van der Waals surface area (Å²) in [6.07, 6.45) is 0. The van der Waals surface area contributed by atoms with E-state index in [9.17, 15) is 14.7 Å². The number of anilines is 1. The second-order valence-electron chi connectivity index (χ2n) is 8.59. The Hall–Kier alpha value is -4.17. The molecule has 1 aliphatic rings. The number of nitrogens with zero attached hydrogens (tertiary/aromatic N) is 2. The molecule has 4 aromatic rings. The van der Waals surface area contributed by atoms with Crippen LogP contribution < -0.4 is 14.4 Å². The fourth-order valence-corrected chi connectivity index (χ4v) is 5.53. The van der Waals surface area contributed by atoms with Gasteiger partial charge in [0.2, 0.25) is 0 Å². The molecule has 0 spiro atoms. The van der Waals surface area contributed by atoms with Crippen LogP contribution >= 0.6 is 11.3 Å². The van der Waals surface area contributed by atoms with Gasteiger partial charge in [-0.1, -0.05) is 29.5 Å². The first-order chi connectivity index (χ1) is 17.3. The minimum Gasteiger partial charge on any atom is -0.507 e. The lowest BCUT2D eigenvalue weighted by molar-refractivity contribution is -0.132. The molecule has 3 aromatic carbocycles. The first kappa shape index (κ1) is 23.6. The van der Waals surface area contributed by atoms with E-state index in [-0.39, 0.29) is 11.3 Å². The standard InChI is InChI=1S/C28H24N2O5S/c1-15-5-11-20-22(13-15)36-28(29-20)30-24(17-6-9-19(34-3)10-7-17)23(26(32)27(30)33)25(31)18-8-12-21(35-4)16(2)14-18/h5-14,24,31H,1-4H3/b25-23+/t24-/m0/s1. The highest BCUT2D eigenvalue weighted by molar-refractivity contribution is 7.22. The Kier molecular flexibility index (Phi) is 5.97. The monoisotopic (exact) mass is 500 g/mol. The summed E-state index contributed by atoms with van der Waals surface area (Å²) >= 11 is 1.33. The number of hydrogen-bond donors (Lipinski definition) is 1. The second kappa shape index (κ2) is 9.13. The zero-order valence-corrected chi connectivity index (χ0v) is 21.1. The van der Waals surface area contributed by atoms with Crippen LogP contribution in [0.4, 0.5) is 5.13 Å². The molecule has 0 aliphatic carbocycles. The average molecular weight is 501 g/mol. The molecule has 1 saturated heterocycles. The third-order valence-electron chi connectivity index (χ3n) is 6.28. The molecule has 2 heterocycles. The van der Waals surface area contributed by atoms with E-state index < -0.39 is 17.7 Å². The molecular weight excluding hydrogens is 476 g/mol. The molecule has 36 heavy (non-hydrogen) atoms. The van der Waals surface area contributed by atoms with Crippen molar-refractivity contribution in [2.24, 2.45) is 0 Å². The van der Waals surface area contributed by atoms with E-state index in [0.717, 1.165) is 21.3 Å². The van der Waals surface area contributed by atoms with Gasteiger partial charge in [-0.05, 0) is 73.0 Å². The van der Waals surface area contributed by atoms with Gasteiger partial charge in [0.15, 0.2) is 5.13 Å². The van der Waals surface area contributed by atoms with Crippen LogP contribution in [0, 0.1) is 13.8 Å². The first-order valence-electron chi connectivity index (χ1n) is 11.3. The van der Waals surface area contributed by atoms with Crippen LogP contribution in [0.5, 0.6) is 11.5 Å². The Morgan fingerprint density at radius 2 is 1.72 bits per heavy atom. The van der Waals surface area contributed by atoms with E-state index in [1.165, 1.54) is 16.2 Å². The molecular formula is C28H24N2O5S. The van der Waals surface area contributed by atoms with E-state index in [4.69, 9.17) is 9.47 Å². The summed E-state index contributed by atoms with van der Waals surface area (Å²) in [6.45, 7) is 3.83. The Labute approximate surface area is 212 Å². The van der Waals surface area contributed by atoms with Crippen LogP contribution in [0.3, 0.4) is 0 Å². The van der Waals surface area contributed by atoms with E-state index in [1.807, 2.05) is 32.0 Å². The number of thiazole rings is 1. The van der Waals surface area contributed by atoms with Crippen LogP contribution in [0.15, 0.2) is 66.2 Å². The molecule has 0 bridgehead atoms. The topological polar surface area (TPSA) is 89.0 Å². The zero-order chi connectivity index (χ0) is 25.6. The summed E-state index contributed by atoms with van der Waals surface area (Å²) < 4.78 is 11.5. The molecule has 0 saturated carbocycles. The van der Waals surface area contributed by atoms with Crippen molar-refractivity contribution in [1.29, 1.82) is 0 Å². The normalized spacial score (nSPS) is 17.1. The van der Waals surface area contributed by atoms with Crippen LogP contribution in [0.2, 0.25) is 0 Å². The Bertz CT molecular complexity index is 1540. The molecule has 7 nitrogen and oxygen atoms in total. The number of rotatable bonds is 5. The summed E-state index contributed by atoms with van der Waals surface area (Å²) in [5.41, 5.74) is 3.67. The number of amides is 1. The number of ether oxygens (including phenoxy) is 2. The van der Waals surface area contributed by atoms with E-state index in [1.54, 1.807) is 56.7 Å². The van der Waals surface area contributed by atoms with Crippen molar-refractivity contribution >= 4 is 44.1 Å². The number of carbonyl (C=O) groups excluding carboxylic acids is 2. The predicted octanol–water partition coefficient (Wildman–Crippen LogP) is 5.56. The summed E-state index contributed by atoms with van der Waals surface area (Å²) in [7, 11) is 3.13. The zero-order valence-electron chi connectivity index (χ0n) is 20.2. The van der Waals surface area contributed by atoms with Gasteiger partial charge in [0, 0.05) is 5.56 Å². The van der Waals surface area contributed by atoms with Gasteiger partial charge in [0.05, 0.1) is 36.1 Å². The Morgan fingerprint density at radius 1 is 0.972 bits per heavy atom. The molecule has 0 radical (unpaired) electrons. The fourth-order valence-electron chi connectivity index (χ4n) is 4.44. The maximum atomic E-state index is 13.4. The van der Waals surface area contributed by atoms with Gasteiger partial charge >= 0.3 is 5.91 Å². The van der Waals surface area contributed by atoms with Crippen molar-refractivity contribution in [2.45, 2.75) is 19.9 Å². The summed E-state index contributed by atoms with van der Waals surface area (Å²) in [5.74, 6) is -0.463. The fraction of sp³-hybridized carbons (Fsp3) is 0.179. The van der Waals surface area contributed by atoms with Crippen molar-refractivity contribution in [3.05, 3.63) is 88.5 Å². The number of aryl methyl sites for hydroxylation is 2. The molecule has 1 N–H and O–H groups in total. The number of aliphatic hydroxyl groups is 1. The van der Waals surface area contributed by atoms with Crippen molar-refractivity contribution in [2.75, 3.05) is 19.1 Å². The lowest BCUT2D eigenvalue weighted by Crippen LogP contribution is -2.29. The van der Waals surface area contributed by atoms with E-state index in [2.05, 4.69) is 4.98 Å². The highest BCUT2D eigenvalue weighted by Gasteiger charge is 2.48. The molecule has 1 atom stereocenters. The minimum absolute atomic E-state index is 0.00479.